The van der Waals surface area contributed by atoms with Crippen molar-refractivity contribution in [3.63, 3.8) is 0 Å². The van der Waals surface area contributed by atoms with Crippen LogP contribution in [-0.4, -0.2) is 22.4 Å². The first-order valence-electron chi connectivity index (χ1n) is 10.5. The second-order valence-corrected chi connectivity index (χ2v) is 9.11. The highest BCUT2D eigenvalue weighted by atomic mass is 19.4. The van der Waals surface area contributed by atoms with E-state index < -0.39 is 46.8 Å². The minimum atomic E-state index is -4.53. The van der Waals surface area contributed by atoms with Gasteiger partial charge < -0.3 is 9.64 Å². The molecule has 0 radical (unpaired) electrons. The van der Waals surface area contributed by atoms with Crippen LogP contribution in [0.3, 0.4) is 0 Å². The van der Waals surface area contributed by atoms with Crippen LogP contribution in [0.25, 0.3) is 0 Å². The van der Waals surface area contributed by atoms with Crippen LogP contribution in [0, 0.1) is 11.6 Å². The first-order valence-corrected chi connectivity index (χ1v) is 10.5. The Hall–Kier alpha value is -3.23. The quantitative estimate of drug-likeness (QED) is 0.391. The molecule has 1 aliphatic rings. The lowest BCUT2D eigenvalue weighted by atomic mass is 9.83. The van der Waals surface area contributed by atoms with E-state index in [9.17, 15) is 31.5 Å². The van der Waals surface area contributed by atoms with Crippen LogP contribution in [0.15, 0.2) is 53.7 Å². The number of ether oxygens (including phenoxy) is 1. The number of amides is 1. The second kappa shape index (κ2) is 9.19. The van der Waals surface area contributed by atoms with Crippen molar-refractivity contribution in [1.29, 1.82) is 0 Å². The summed E-state index contributed by atoms with van der Waals surface area (Å²) in [6, 6.07) is 7.51. The van der Waals surface area contributed by atoms with Crippen molar-refractivity contribution < 1.29 is 36.3 Å². The monoisotopic (exact) mass is 481 g/mol. The van der Waals surface area contributed by atoms with E-state index in [0.717, 1.165) is 24.3 Å². The molecule has 0 saturated carbocycles. The molecule has 0 spiro atoms. The molecule has 1 unspecified atom stereocenters. The SMILES string of the molecule is CC1=C(C(=O)OC(C)(C)C)C(c2ccc(C(F)(F)F)cc2)CC(=O)N1Cc1ccc(F)c(F)c1. The standard InChI is InChI=1S/C25H24F5NO3/c1-14-22(23(33)34-24(2,3)4)18(16-6-8-17(9-7-16)25(28,29)30)12-21(32)31(14)13-15-5-10-19(26)20(27)11-15/h5-11,18H,12-13H2,1-4H3. The van der Waals surface area contributed by atoms with Gasteiger partial charge in [-0.1, -0.05) is 18.2 Å². The summed E-state index contributed by atoms with van der Waals surface area (Å²) in [4.78, 5) is 27.4. The fourth-order valence-electron chi connectivity index (χ4n) is 3.81. The molecular weight excluding hydrogens is 457 g/mol. The van der Waals surface area contributed by atoms with Crippen LogP contribution >= 0.6 is 0 Å². The van der Waals surface area contributed by atoms with Crippen LogP contribution in [0.1, 0.15) is 56.7 Å². The van der Waals surface area contributed by atoms with Crippen LogP contribution < -0.4 is 0 Å². The third kappa shape index (κ3) is 5.63. The van der Waals surface area contributed by atoms with E-state index in [-0.39, 0.29) is 24.2 Å². The zero-order valence-electron chi connectivity index (χ0n) is 19.1. The molecule has 1 heterocycles. The molecule has 2 aromatic rings. The zero-order valence-corrected chi connectivity index (χ0v) is 19.1. The summed E-state index contributed by atoms with van der Waals surface area (Å²) in [5.41, 5.74) is -0.687. The van der Waals surface area contributed by atoms with E-state index in [2.05, 4.69) is 0 Å². The molecule has 0 aliphatic carbocycles. The molecule has 34 heavy (non-hydrogen) atoms. The van der Waals surface area contributed by atoms with Gasteiger partial charge in [0.25, 0.3) is 0 Å². The smallest absolute Gasteiger partial charge is 0.416 e. The Bertz CT molecular complexity index is 1130. The maximum Gasteiger partial charge on any atom is 0.416 e. The number of hydrogen-bond donors (Lipinski definition) is 0. The summed E-state index contributed by atoms with van der Waals surface area (Å²) in [6.45, 7) is 6.41. The van der Waals surface area contributed by atoms with E-state index in [1.165, 1.54) is 30.0 Å². The Labute approximate surface area is 194 Å². The number of allylic oxidation sites excluding steroid dienone is 1. The summed E-state index contributed by atoms with van der Waals surface area (Å²) in [7, 11) is 0. The number of carbonyl (C=O) groups is 2. The molecule has 0 aromatic heterocycles. The zero-order chi connectivity index (χ0) is 25.4. The molecule has 0 N–H and O–H groups in total. The lowest BCUT2D eigenvalue weighted by Gasteiger charge is -2.35. The molecule has 1 amide bonds. The number of benzene rings is 2. The minimum Gasteiger partial charge on any atom is -0.457 e. The van der Waals surface area contributed by atoms with Gasteiger partial charge in [-0.2, -0.15) is 13.2 Å². The first-order chi connectivity index (χ1) is 15.7. The Morgan fingerprint density at radius 3 is 2.18 bits per heavy atom. The lowest BCUT2D eigenvalue weighted by Crippen LogP contribution is -2.39. The molecule has 4 nitrogen and oxygen atoms in total. The minimum absolute atomic E-state index is 0.117. The number of nitrogens with zero attached hydrogens (tertiary/aromatic N) is 1. The van der Waals surface area contributed by atoms with Crippen LogP contribution in [0.4, 0.5) is 22.0 Å². The summed E-state index contributed by atoms with van der Waals surface area (Å²) in [5.74, 6) is -4.06. The molecule has 0 bridgehead atoms. The Kier molecular flexibility index (Phi) is 6.87. The predicted molar refractivity (Wildman–Crippen MR) is 114 cm³/mol. The van der Waals surface area contributed by atoms with Crippen LogP contribution in [0.2, 0.25) is 0 Å². The third-order valence-electron chi connectivity index (χ3n) is 5.41. The molecule has 2 aromatic carbocycles. The molecule has 1 atom stereocenters. The predicted octanol–water partition coefficient (Wildman–Crippen LogP) is 6.12. The largest absolute Gasteiger partial charge is 0.457 e. The highest BCUT2D eigenvalue weighted by Crippen LogP contribution is 2.39. The number of alkyl halides is 3. The van der Waals surface area contributed by atoms with E-state index in [1.54, 1.807) is 20.8 Å². The third-order valence-corrected chi connectivity index (χ3v) is 5.41. The molecule has 3 rings (SSSR count). The van der Waals surface area contributed by atoms with Gasteiger partial charge in [-0.15, -0.1) is 0 Å². The lowest BCUT2D eigenvalue weighted by molar-refractivity contribution is -0.151. The molecular formula is C25H24F5NO3. The highest BCUT2D eigenvalue weighted by molar-refractivity contribution is 5.96. The average molecular weight is 481 g/mol. The fraction of sp³-hybridized carbons (Fsp3) is 0.360. The van der Waals surface area contributed by atoms with Gasteiger partial charge in [0.1, 0.15) is 5.60 Å². The number of hydrogen-bond acceptors (Lipinski definition) is 3. The highest BCUT2D eigenvalue weighted by Gasteiger charge is 2.38. The van der Waals surface area contributed by atoms with Gasteiger partial charge in [-0.25, -0.2) is 13.6 Å². The van der Waals surface area contributed by atoms with Gasteiger partial charge >= 0.3 is 12.1 Å². The summed E-state index contributed by atoms with van der Waals surface area (Å²) in [6.07, 6.45) is -4.73. The fourth-order valence-corrected chi connectivity index (χ4v) is 3.81. The van der Waals surface area contributed by atoms with E-state index in [1.807, 2.05) is 0 Å². The van der Waals surface area contributed by atoms with Gasteiger partial charge in [-0.3, -0.25) is 4.79 Å². The average Bonchev–Trinajstić information content (AvgIpc) is 2.71. The second-order valence-electron chi connectivity index (χ2n) is 9.11. The van der Waals surface area contributed by atoms with Crippen molar-refractivity contribution in [2.45, 2.75) is 58.4 Å². The molecule has 0 saturated heterocycles. The topological polar surface area (TPSA) is 46.6 Å². The van der Waals surface area contributed by atoms with E-state index in [4.69, 9.17) is 4.74 Å². The van der Waals surface area contributed by atoms with Crippen molar-refractivity contribution in [2.24, 2.45) is 0 Å². The van der Waals surface area contributed by atoms with E-state index >= 15 is 0 Å². The van der Waals surface area contributed by atoms with Crippen LogP contribution in [0.5, 0.6) is 0 Å². The Morgan fingerprint density at radius 1 is 1.03 bits per heavy atom. The van der Waals surface area contributed by atoms with Gasteiger partial charge in [0.2, 0.25) is 5.91 Å². The molecule has 182 valence electrons. The Balaban J connectivity index is 2.05. The first kappa shape index (κ1) is 25.4. The number of halogens is 5. The van der Waals surface area contributed by atoms with E-state index in [0.29, 0.717) is 11.1 Å². The van der Waals surface area contributed by atoms with Crippen molar-refractivity contribution in [1.82, 2.24) is 4.90 Å². The summed E-state index contributed by atoms with van der Waals surface area (Å²) >= 11 is 0. The van der Waals surface area contributed by atoms with Crippen molar-refractivity contribution in [3.05, 3.63) is 82.1 Å². The molecule has 9 heteroatoms. The molecule has 1 aliphatic heterocycles. The molecule has 0 fully saturated rings. The Morgan fingerprint density at radius 2 is 1.65 bits per heavy atom. The number of carbonyl (C=O) groups excluding carboxylic acids is 2. The number of rotatable bonds is 4. The van der Waals surface area contributed by atoms with Crippen LogP contribution in [-0.2, 0) is 27.0 Å². The maximum atomic E-state index is 13.7. The van der Waals surface area contributed by atoms with Crippen molar-refractivity contribution in [2.75, 3.05) is 0 Å². The maximum absolute atomic E-state index is 13.7. The van der Waals surface area contributed by atoms with Gasteiger partial charge in [-0.05, 0) is 63.1 Å². The van der Waals surface area contributed by atoms with Crippen molar-refractivity contribution >= 4 is 11.9 Å². The summed E-state index contributed by atoms with van der Waals surface area (Å²) in [5, 5.41) is 0. The van der Waals surface area contributed by atoms with Gasteiger partial charge in [0.15, 0.2) is 11.6 Å². The normalized spacial score (nSPS) is 17.3. The summed E-state index contributed by atoms with van der Waals surface area (Å²) < 4.78 is 71.5. The van der Waals surface area contributed by atoms with Gasteiger partial charge in [0, 0.05) is 18.0 Å². The number of esters is 1. The van der Waals surface area contributed by atoms with Crippen molar-refractivity contribution in [3.8, 4) is 0 Å². The van der Waals surface area contributed by atoms with Gasteiger partial charge in [0.05, 0.1) is 17.7 Å².